The van der Waals surface area contributed by atoms with Crippen molar-refractivity contribution in [1.29, 1.82) is 0 Å². The molecule has 2 N–H and O–H groups in total. The van der Waals surface area contributed by atoms with Crippen molar-refractivity contribution >= 4 is 29.1 Å². The molecule has 2 unspecified atom stereocenters. The Kier molecular flexibility index (Phi) is 5.88. The van der Waals surface area contributed by atoms with Crippen molar-refractivity contribution in [3.8, 4) is 5.75 Å². The molecule has 23 heavy (non-hydrogen) atoms. The Balaban J connectivity index is 1.86. The third-order valence-corrected chi connectivity index (χ3v) is 4.14. The molecule has 2 atom stereocenters. The number of hydrogen-bond donors (Lipinski definition) is 2. The third kappa shape index (κ3) is 4.86. The number of benzene rings is 1. The van der Waals surface area contributed by atoms with Crippen LogP contribution in [0.5, 0.6) is 5.75 Å². The third-order valence-electron chi connectivity index (χ3n) is 3.90. The van der Waals surface area contributed by atoms with Gasteiger partial charge in [0.05, 0.1) is 24.6 Å². The summed E-state index contributed by atoms with van der Waals surface area (Å²) in [4.78, 5) is 24.3. The van der Waals surface area contributed by atoms with E-state index in [4.69, 9.17) is 16.3 Å². The smallest absolute Gasteiger partial charge is 0.228 e. The zero-order valence-electron chi connectivity index (χ0n) is 13.7. The maximum absolute atomic E-state index is 12.3. The Morgan fingerprint density at radius 3 is 2.65 bits per heavy atom. The van der Waals surface area contributed by atoms with E-state index in [0.717, 1.165) is 6.42 Å². The first-order valence-electron chi connectivity index (χ1n) is 7.84. The summed E-state index contributed by atoms with van der Waals surface area (Å²) in [6.45, 7) is 4.87. The quantitative estimate of drug-likeness (QED) is 0.802. The fourth-order valence-electron chi connectivity index (χ4n) is 2.39. The highest BCUT2D eigenvalue weighted by Crippen LogP contribution is 2.40. The number of halogens is 1. The van der Waals surface area contributed by atoms with Gasteiger partial charge in [-0.1, -0.05) is 25.4 Å². The molecule has 5 nitrogen and oxygen atoms in total. The van der Waals surface area contributed by atoms with Crippen molar-refractivity contribution in [2.24, 2.45) is 17.8 Å². The van der Waals surface area contributed by atoms with Crippen molar-refractivity contribution in [2.75, 3.05) is 19.0 Å². The van der Waals surface area contributed by atoms with Crippen LogP contribution in [0.1, 0.15) is 26.7 Å². The molecule has 0 aliphatic heterocycles. The van der Waals surface area contributed by atoms with Crippen LogP contribution in [-0.4, -0.2) is 25.5 Å². The van der Waals surface area contributed by atoms with E-state index in [-0.39, 0.29) is 23.7 Å². The van der Waals surface area contributed by atoms with Gasteiger partial charge < -0.3 is 15.4 Å². The van der Waals surface area contributed by atoms with Crippen molar-refractivity contribution in [3.05, 3.63) is 23.2 Å². The summed E-state index contributed by atoms with van der Waals surface area (Å²) in [5.41, 5.74) is 0.524. The van der Waals surface area contributed by atoms with E-state index < -0.39 is 0 Å². The highest BCUT2D eigenvalue weighted by Gasteiger charge is 2.48. The fraction of sp³-hybridized carbons (Fsp3) is 0.529. The van der Waals surface area contributed by atoms with Crippen LogP contribution in [0.25, 0.3) is 0 Å². The first-order chi connectivity index (χ1) is 10.9. The molecular formula is C17H23ClN2O3. The second-order valence-electron chi connectivity index (χ2n) is 6.26. The van der Waals surface area contributed by atoms with E-state index in [1.165, 1.54) is 7.11 Å². The predicted octanol–water partition coefficient (Wildman–Crippen LogP) is 3.09. The van der Waals surface area contributed by atoms with Gasteiger partial charge in [0.2, 0.25) is 11.8 Å². The largest absolute Gasteiger partial charge is 0.495 e. The summed E-state index contributed by atoms with van der Waals surface area (Å²) < 4.78 is 5.20. The minimum absolute atomic E-state index is 0.0381. The van der Waals surface area contributed by atoms with Gasteiger partial charge in [-0.2, -0.15) is 0 Å². The molecule has 1 aliphatic carbocycles. The number of rotatable bonds is 7. The molecule has 1 aromatic rings. The van der Waals surface area contributed by atoms with Gasteiger partial charge in [-0.25, -0.2) is 0 Å². The van der Waals surface area contributed by atoms with E-state index >= 15 is 0 Å². The number of nitrogens with one attached hydrogen (secondary N) is 2. The van der Waals surface area contributed by atoms with Crippen LogP contribution in [-0.2, 0) is 9.59 Å². The topological polar surface area (TPSA) is 67.4 Å². The van der Waals surface area contributed by atoms with Crippen molar-refractivity contribution in [3.63, 3.8) is 0 Å². The van der Waals surface area contributed by atoms with Gasteiger partial charge in [0.1, 0.15) is 5.75 Å². The standard InChI is InChI=1S/C17H23ClN2O3/c1-10(2)6-7-19-16(21)12-9-13(12)17(22)20-14-8-11(18)4-5-15(14)23-3/h4-5,8,10,12-13H,6-7,9H2,1-3H3,(H,19,21)(H,20,22). The number of anilines is 1. The summed E-state index contributed by atoms with van der Waals surface area (Å²) in [5, 5.41) is 6.20. The first kappa shape index (κ1) is 17.6. The second-order valence-corrected chi connectivity index (χ2v) is 6.69. The van der Waals surface area contributed by atoms with Gasteiger partial charge in [0, 0.05) is 11.6 Å². The first-order valence-corrected chi connectivity index (χ1v) is 8.22. The summed E-state index contributed by atoms with van der Waals surface area (Å²) in [7, 11) is 1.53. The Morgan fingerprint density at radius 2 is 2.00 bits per heavy atom. The van der Waals surface area contributed by atoms with Gasteiger partial charge >= 0.3 is 0 Å². The van der Waals surface area contributed by atoms with Gasteiger partial charge in [-0.05, 0) is 37.0 Å². The molecule has 2 amide bonds. The minimum atomic E-state index is -0.280. The van der Waals surface area contributed by atoms with Crippen LogP contribution >= 0.6 is 11.6 Å². The van der Waals surface area contributed by atoms with E-state index in [0.29, 0.717) is 35.3 Å². The minimum Gasteiger partial charge on any atom is -0.495 e. The number of amides is 2. The fourth-order valence-corrected chi connectivity index (χ4v) is 2.57. The number of ether oxygens (including phenoxy) is 1. The predicted molar refractivity (Wildman–Crippen MR) is 90.7 cm³/mol. The molecule has 1 aromatic carbocycles. The van der Waals surface area contributed by atoms with E-state index in [1.54, 1.807) is 18.2 Å². The average molecular weight is 339 g/mol. The summed E-state index contributed by atoms with van der Waals surface area (Å²) in [5.74, 6) is 0.369. The van der Waals surface area contributed by atoms with Gasteiger partial charge in [0.25, 0.3) is 0 Å². The molecule has 6 heteroatoms. The van der Waals surface area contributed by atoms with Gasteiger partial charge in [-0.3, -0.25) is 9.59 Å². The Morgan fingerprint density at radius 1 is 1.30 bits per heavy atom. The Hall–Kier alpha value is -1.75. The molecule has 126 valence electrons. The van der Waals surface area contributed by atoms with E-state index in [9.17, 15) is 9.59 Å². The van der Waals surface area contributed by atoms with Crippen molar-refractivity contribution in [2.45, 2.75) is 26.7 Å². The zero-order valence-corrected chi connectivity index (χ0v) is 14.4. The molecule has 0 bridgehead atoms. The van der Waals surface area contributed by atoms with Crippen LogP contribution < -0.4 is 15.4 Å². The molecule has 0 saturated heterocycles. The molecule has 0 aromatic heterocycles. The molecule has 0 spiro atoms. The van der Waals surface area contributed by atoms with Crippen molar-refractivity contribution < 1.29 is 14.3 Å². The average Bonchev–Trinajstić information content (AvgIpc) is 3.27. The summed E-state index contributed by atoms with van der Waals surface area (Å²) in [6.07, 6.45) is 1.53. The van der Waals surface area contributed by atoms with Crippen LogP contribution in [0, 0.1) is 17.8 Å². The van der Waals surface area contributed by atoms with E-state index in [2.05, 4.69) is 24.5 Å². The maximum Gasteiger partial charge on any atom is 0.228 e. The van der Waals surface area contributed by atoms with Crippen LogP contribution in [0.15, 0.2) is 18.2 Å². The summed E-state index contributed by atoms with van der Waals surface area (Å²) >= 11 is 5.94. The van der Waals surface area contributed by atoms with Crippen LogP contribution in [0.3, 0.4) is 0 Å². The van der Waals surface area contributed by atoms with Crippen molar-refractivity contribution in [1.82, 2.24) is 5.32 Å². The molecule has 0 radical (unpaired) electrons. The lowest BCUT2D eigenvalue weighted by molar-refractivity contribution is -0.125. The van der Waals surface area contributed by atoms with Gasteiger partial charge in [0.15, 0.2) is 0 Å². The zero-order chi connectivity index (χ0) is 17.0. The van der Waals surface area contributed by atoms with Crippen LogP contribution in [0.4, 0.5) is 5.69 Å². The van der Waals surface area contributed by atoms with Crippen LogP contribution in [0.2, 0.25) is 5.02 Å². The number of hydrogen-bond acceptors (Lipinski definition) is 3. The molecule has 1 saturated carbocycles. The molecule has 2 rings (SSSR count). The second kappa shape index (κ2) is 7.68. The number of carbonyl (C=O) groups is 2. The Bertz CT molecular complexity index is 589. The molecule has 1 aliphatic rings. The normalized spacial score (nSPS) is 19.3. The SMILES string of the molecule is COc1ccc(Cl)cc1NC(=O)C1CC1C(=O)NCCC(C)C. The van der Waals surface area contributed by atoms with Gasteiger partial charge in [-0.15, -0.1) is 0 Å². The lowest BCUT2D eigenvalue weighted by Crippen LogP contribution is -2.28. The maximum atomic E-state index is 12.3. The molecule has 0 heterocycles. The number of carbonyl (C=O) groups excluding carboxylic acids is 2. The highest BCUT2D eigenvalue weighted by atomic mass is 35.5. The monoisotopic (exact) mass is 338 g/mol. The number of methoxy groups -OCH3 is 1. The lowest BCUT2D eigenvalue weighted by atomic mass is 10.1. The lowest BCUT2D eigenvalue weighted by Gasteiger charge is -2.10. The molecule has 1 fully saturated rings. The molecular weight excluding hydrogens is 316 g/mol. The summed E-state index contributed by atoms with van der Waals surface area (Å²) in [6, 6.07) is 5.03. The Labute approximate surface area is 141 Å². The van der Waals surface area contributed by atoms with E-state index in [1.807, 2.05) is 0 Å². The highest BCUT2D eigenvalue weighted by molar-refractivity contribution is 6.31.